The van der Waals surface area contributed by atoms with Gasteiger partial charge >= 0.3 is 0 Å². The summed E-state index contributed by atoms with van der Waals surface area (Å²) in [5.74, 6) is 0.484. The first-order valence-corrected chi connectivity index (χ1v) is 5.75. The molecule has 2 nitrogen and oxygen atoms in total. The van der Waals surface area contributed by atoms with Crippen LogP contribution in [0.15, 0.2) is 30.5 Å². The van der Waals surface area contributed by atoms with Gasteiger partial charge in [-0.2, -0.15) is 0 Å². The van der Waals surface area contributed by atoms with Crippen LogP contribution >= 0.6 is 0 Å². The lowest BCUT2D eigenvalue weighted by Gasteiger charge is -2.11. The predicted octanol–water partition coefficient (Wildman–Crippen LogP) is 2.68. The Bertz CT molecular complexity index is 486. The maximum atomic E-state index is 5.67. The van der Waals surface area contributed by atoms with Gasteiger partial charge in [-0.3, -0.25) is 4.98 Å². The van der Waals surface area contributed by atoms with Crippen molar-refractivity contribution in [2.75, 3.05) is 6.54 Å². The van der Waals surface area contributed by atoms with Gasteiger partial charge in [0.15, 0.2) is 0 Å². The van der Waals surface area contributed by atoms with Gasteiger partial charge in [-0.05, 0) is 42.8 Å². The Morgan fingerprint density at radius 1 is 1.31 bits per heavy atom. The van der Waals surface area contributed by atoms with E-state index in [0.717, 1.165) is 6.42 Å². The molecule has 84 valence electrons. The van der Waals surface area contributed by atoms with Crippen molar-refractivity contribution in [1.29, 1.82) is 0 Å². The molecule has 1 aromatic heterocycles. The van der Waals surface area contributed by atoms with Crippen LogP contribution in [0.25, 0.3) is 10.8 Å². The van der Waals surface area contributed by atoms with Crippen LogP contribution in [0, 0.1) is 12.8 Å². The monoisotopic (exact) mass is 214 g/mol. The summed E-state index contributed by atoms with van der Waals surface area (Å²) in [5, 5.41) is 2.57. The average molecular weight is 214 g/mol. The normalized spacial score (nSPS) is 12.9. The molecule has 2 heteroatoms. The van der Waals surface area contributed by atoms with Gasteiger partial charge in [0.1, 0.15) is 0 Å². The zero-order valence-corrected chi connectivity index (χ0v) is 9.90. The van der Waals surface area contributed by atoms with E-state index in [1.807, 2.05) is 6.20 Å². The predicted molar refractivity (Wildman–Crippen MR) is 68.4 cm³/mol. The second-order valence-corrected chi connectivity index (χ2v) is 4.48. The molecule has 1 atom stereocenters. The van der Waals surface area contributed by atoms with Crippen molar-refractivity contribution >= 4 is 10.8 Å². The number of aromatic nitrogens is 1. The summed E-state index contributed by atoms with van der Waals surface area (Å²) in [4.78, 5) is 4.50. The topological polar surface area (TPSA) is 38.9 Å². The van der Waals surface area contributed by atoms with E-state index in [1.165, 1.54) is 22.0 Å². The SMILES string of the molecule is Cc1cccc2ccnc(CC(C)CN)c12. The average Bonchev–Trinajstić information content (AvgIpc) is 2.29. The van der Waals surface area contributed by atoms with Gasteiger partial charge in [0.05, 0.1) is 0 Å². The molecular weight excluding hydrogens is 196 g/mol. The fourth-order valence-electron chi connectivity index (χ4n) is 2.06. The minimum absolute atomic E-state index is 0.484. The largest absolute Gasteiger partial charge is 0.330 e. The summed E-state index contributed by atoms with van der Waals surface area (Å²) in [7, 11) is 0. The van der Waals surface area contributed by atoms with Gasteiger partial charge < -0.3 is 5.73 Å². The minimum Gasteiger partial charge on any atom is -0.330 e. The van der Waals surface area contributed by atoms with Gasteiger partial charge in [-0.25, -0.2) is 0 Å². The first-order chi connectivity index (χ1) is 7.72. The van der Waals surface area contributed by atoms with Gasteiger partial charge in [0.2, 0.25) is 0 Å². The zero-order chi connectivity index (χ0) is 11.5. The highest BCUT2D eigenvalue weighted by molar-refractivity contribution is 5.87. The van der Waals surface area contributed by atoms with Crippen LogP contribution in [0.4, 0.5) is 0 Å². The maximum Gasteiger partial charge on any atom is 0.0487 e. The highest BCUT2D eigenvalue weighted by atomic mass is 14.7. The second kappa shape index (κ2) is 4.62. The minimum atomic E-state index is 0.484. The smallest absolute Gasteiger partial charge is 0.0487 e. The summed E-state index contributed by atoms with van der Waals surface area (Å²) >= 11 is 0. The molecule has 0 saturated heterocycles. The lowest BCUT2D eigenvalue weighted by atomic mass is 9.98. The molecule has 2 N–H and O–H groups in total. The highest BCUT2D eigenvalue weighted by Gasteiger charge is 2.08. The van der Waals surface area contributed by atoms with Crippen molar-refractivity contribution in [3.05, 3.63) is 41.7 Å². The van der Waals surface area contributed by atoms with E-state index in [0.29, 0.717) is 12.5 Å². The molecule has 1 heterocycles. The quantitative estimate of drug-likeness (QED) is 0.853. The van der Waals surface area contributed by atoms with Crippen LogP contribution in [0.5, 0.6) is 0 Å². The Labute approximate surface area is 96.5 Å². The summed E-state index contributed by atoms with van der Waals surface area (Å²) in [6.45, 7) is 5.02. The first-order valence-electron chi connectivity index (χ1n) is 5.75. The van der Waals surface area contributed by atoms with Gasteiger partial charge in [0.25, 0.3) is 0 Å². The Balaban J connectivity index is 2.52. The van der Waals surface area contributed by atoms with Crippen molar-refractivity contribution in [2.45, 2.75) is 20.3 Å². The Morgan fingerprint density at radius 3 is 2.88 bits per heavy atom. The number of aryl methyl sites for hydroxylation is 1. The molecule has 1 aromatic carbocycles. The van der Waals surface area contributed by atoms with E-state index in [1.54, 1.807) is 0 Å². The highest BCUT2D eigenvalue weighted by Crippen LogP contribution is 2.22. The third-order valence-electron chi connectivity index (χ3n) is 3.02. The molecule has 16 heavy (non-hydrogen) atoms. The molecule has 0 aliphatic heterocycles. The number of benzene rings is 1. The van der Waals surface area contributed by atoms with Crippen molar-refractivity contribution in [2.24, 2.45) is 11.7 Å². The molecule has 1 unspecified atom stereocenters. The van der Waals surface area contributed by atoms with E-state index in [2.05, 4.69) is 43.1 Å². The third kappa shape index (κ3) is 2.07. The van der Waals surface area contributed by atoms with Crippen molar-refractivity contribution in [3.63, 3.8) is 0 Å². The van der Waals surface area contributed by atoms with Gasteiger partial charge in [-0.15, -0.1) is 0 Å². The molecule has 0 radical (unpaired) electrons. The molecule has 0 aliphatic carbocycles. The van der Waals surface area contributed by atoms with Crippen molar-refractivity contribution in [3.8, 4) is 0 Å². The molecule has 0 aliphatic rings. The summed E-state index contributed by atoms with van der Waals surface area (Å²) in [5.41, 5.74) is 8.14. The fraction of sp³-hybridized carbons (Fsp3) is 0.357. The van der Waals surface area contributed by atoms with Crippen LogP contribution in [-0.2, 0) is 6.42 Å². The van der Waals surface area contributed by atoms with E-state index >= 15 is 0 Å². The molecule has 2 aromatic rings. The number of hydrogen-bond donors (Lipinski definition) is 1. The summed E-state index contributed by atoms with van der Waals surface area (Å²) in [6, 6.07) is 8.44. The van der Waals surface area contributed by atoms with E-state index < -0.39 is 0 Å². The standard InChI is InChI=1S/C14H18N2/c1-10(9-15)8-13-14-11(2)4-3-5-12(14)6-7-16-13/h3-7,10H,8-9,15H2,1-2H3. The van der Waals surface area contributed by atoms with E-state index in [-0.39, 0.29) is 0 Å². The fourth-order valence-corrected chi connectivity index (χ4v) is 2.06. The van der Waals surface area contributed by atoms with E-state index in [4.69, 9.17) is 5.73 Å². The van der Waals surface area contributed by atoms with Gasteiger partial charge in [-0.1, -0.05) is 25.1 Å². The number of hydrogen-bond acceptors (Lipinski definition) is 2. The zero-order valence-electron chi connectivity index (χ0n) is 9.90. The third-order valence-corrected chi connectivity index (χ3v) is 3.02. The van der Waals surface area contributed by atoms with Crippen LogP contribution < -0.4 is 5.73 Å². The molecule has 2 rings (SSSR count). The number of nitrogens with two attached hydrogens (primary N) is 1. The Hall–Kier alpha value is -1.41. The first kappa shape index (κ1) is 11.1. The van der Waals surface area contributed by atoms with Crippen LogP contribution in [0.1, 0.15) is 18.2 Å². The number of nitrogens with zero attached hydrogens (tertiary/aromatic N) is 1. The summed E-state index contributed by atoms with van der Waals surface area (Å²) < 4.78 is 0. The van der Waals surface area contributed by atoms with Crippen molar-refractivity contribution in [1.82, 2.24) is 4.98 Å². The molecule has 0 fully saturated rings. The number of rotatable bonds is 3. The molecule has 0 saturated carbocycles. The molecule has 0 bridgehead atoms. The Morgan fingerprint density at radius 2 is 2.12 bits per heavy atom. The van der Waals surface area contributed by atoms with Crippen LogP contribution in [0.3, 0.4) is 0 Å². The molecular formula is C14H18N2. The maximum absolute atomic E-state index is 5.67. The van der Waals surface area contributed by atoms with Crippen LogP contribution in [0.2, 0.25) is 0 Å². The molecule has 0 amide bonds. The molecule has 0 spiro atoms. The number of pyridine rings is 1. The second-order valence-electron chi connectivity index (χ2n) is 4.48. The van der Waals surface area contributed by atoms with Crippen LogP contribution in [-0.4, -0.2) is 11.5 Å². The summed E-state index contributed by atoms with van der Waals surface area (Å²) in [6.07, 6.45) is 2.85. The van der Waals surface area contributed by atoms with Crippen molar-refractivity contribution < 1.29 is 0 Å². The Kier molecular flexibility index (Phi) is 3.20. The van der Waals surface area contributed by atoms with Gasteiger partial charge in [0, 0.05) is 17.3 Å². The lowest BCUT2D eigenvalue weighted by molar-refractivity contribution is 0.587. The lowest BCUT2D eigenvalue weighted by Crippen LogP contribution is -2.14. The van der Waals surface area contributed by atoms with E-state index in [9.17, 15) is 0 Å². The number of fused-ring (bicyclic) bond motifs is 1.